The molecule has 1 fully saturated rings. The van der Waals surface area contributed by atoms with Gasteiger partial charge in [0.1, 0.15) is 16.8 Å². The van der Waals surface area contributed by atoms with Crippen LogP contribution in [0.2, 0.25) is 0 Å². The second-order valence-electron chi connectivity index (χ2n) is 3.68. The van der Waals surface area contributed by atoms with Crippen LogP contribution in [0.5, 0.6) is 11.6 Å². The lowest BCUT2D eigenvalue weighted by Gasteiger charge is -2.28. The zero-order chi connectivity index (χ0) is 9.54. The Morgan fingerprint density at radius 1 is 1.21 bits per heavy atom. The predicted molar refractivity (Wildman–Crippen MR) is 54.6 cm³/mol. The van der Waals surface area contributed by atoms with Crippen molar-refractivity contribution in [2.75, 3.05) is 0 Å². The third-order valence-electron chi connectivity index (χ3n) is 2.72. The molecule has 2 aliphatic rings. The van der Waals surface area contributed by atoms with Gasteiger partial charge in [0.05, 0.1) is 0 Å². The van der Waals surface area contributed by atoms with Gasteiger partial charge in [0.25, 0.3) is 5.88 Å². The van der Waals surface area contributed by atoms with E-state index in [1.165, 1.54) is 6.42 Å². The van der Waals surface area contributed by atoms with Crippen molar-refractivity contribution < 1.29 is 9.47 Å². The summed E-state index contributed by atoms with van der Waals surface area (Å²) < 4.78 is 12.4. The zero-order valence-electron chi connectivity index (χ0n) is 7.57. The third kappa shape index (κ3) is 1.29. The Labute approximate surface area is 90.6 Å². The van der Waals surface area contributed by atoms with Crippen molar-refractivity contribution in [3.8, 4) is 11.6 Å². The van der Waals surface area contributed by atoms with Crippen molar-refractivity contribution in [2.45, 2.75) is 31.5 Å². The molecule has 0 bridgehead atoms. The van der Waals surface area contributed by atoms with Gasteiger partial charge >= 0.3 is 0 Å². The van der Waals surface area contributed by atoms with E-state index in [1.807, 2.05) is 12.1 Å². The van der Waals surface area contributed by atoms with Gasteiger partial charge in [-0.25, -0.2) is 4.98 Å². The lowest BCUT2D eigenvalue weighted by atomic mass is 10.2. The lowest BCUT2D eigenvalue weighted by molar-refractivity contribution is 0.0380. The molecule has 0 radical (unpaired) electrons. The average molecular weight is 256 g/mol. The average Bonchev–Trinajstić information content (AvgIpc) is 2.61. The first kappa shape index (κ1) is 8.53. The monoisotopic (exact) mass is 255 g/mol. The minimum absolute atomic E-state index is 0.212. The fourth-order valence-corrected chi connectivity index (χ4v) is 2.34. The van der Waals surface area contributed by atoms with E-state index in [9.17, 15) is 0 Å². The van der Waals surface area contributed by atoms with Crippen LogP contribution >= 0.6 is 15.9 Å². The molecule has 0 N–H and O–H groups in total. The standard InChI is InChI=1S/C10H10BrNO2/c11-9-5-4-8-10(12-9)14-7-3-1-2-6(7)13-8/h4-7H,1-3H2. The number of nitrogens with zero attached hydrogens (tertiary/aromatic N) is 1. The molecule has 1 aromatic heterocycles. The van der Waals surface area contributed by atoms with Crippen LogP contribution in [0.4, 0.5) is 0 Å². The number of aromatic nitrogens is 1. The Bertz CT molecular complexity index is 369. The van der Waals surface area contributed by atoms with Crippen LogP contribution in [0.15, 0.2) is 16.7 Å². The minimum Gasteiger partial charge on any atom is -0.481 e. The van der Waals surface area contributed by atoms with Crippen LogP contribution in [0.1, 0.15) is 19.3 Å². The van der Waals surface area contributed by atoms with Crippen LogP contribution < -0.4 is 9.47 Å². The van der Waals surface area contributed by atoms with E-state index in [1.54, 1.807) is 0 Å². The van der Waals surface area contributed by atoms with Gasteiger partial charge in [-0.05, 0) is 47.3 Å². The Kier molecular flexibility index (Phi) is 1.90. The van der Waals surface area contributed by atoms with E-state index in [4.69, 9.17) is 9.47 Å². The Morgan fingerprint density at radius 3 is 2.86 bits per heavy atom. The maximum absolute atomic E-state index is 5.80. The molecule has 1 aliphatic heterocycles. The maximum Gasteiger partial charge on any atom is 0.258 e. The van der Waals surface area contributed by atoms with Gasteiger partial charge in [0.15, 0.2) is 5.75 Å². The van der Waals surface area contributed by atoms with E-state index in [2.05, 4.69) is 20.9 Å². The molecule has 0 saturated heterocycles. The molecule has 74 valence electrons. The van der Waals surface area contributed by atoms with E-state index in [0.29, 0.717) is 5.88 Å². The lowest BCUT2D eigenvalue weighted by Crippen LogP contribution is -2.35. The fraction of sp³-hybridized carbons (Fsp3) is 0.500. The van der Waals surface area contributed by atoms with E-state index in [-0.39, 0.29) is 12.2 Å². The molecule has 4 heteroatoms. The normalized spacial score (nSPS) is 28.6. The highest BCUT2D eigenvalue weighted by Crippen LogP contribution is 2.38. The van der Waals surface area contributed by atoms with Gasteiger partial charge in [-0.15, -0.1) is 0 Å². The van der Waals surface area contributed by atoms with Gasteiger partial charge in [-0.3, -0.25) is 0 Å². The molecule has 2 unspecified atom stereocenters. The summed E-state index contributed by atoms with van der Waals surface area (Å²) in [6.07, 6.45) is 3.82. The molecule has 1 aromatic rings. The van der Waals surface area contributed by atoms with Gasteiger partial charge in [0, 0.05) is 0 Å². The molecule has 1 saturated carbocycles. The van der Waals surface area contributed by atoms with Crippen LogP contribution in [-0.4, -0.2) is 17.2 Å². The molecule has 0 amide bonds. The smallest absolute Gasteiger partial charge is 0.258 e. The summed E-state index contributed by atoms with van der Waals surface area (Å²) in [5, 5.41) is 0. The quantitative estimate of drug-likeness (QED) is 0.668. The number of pyridine rings is 1. The summed E-state index contributed by atoms with van der Waals surface area (Å²) in [6.45, 7) is 0. The molecule has 0 aromatic carbocycles. The second-order valence-corrected chi connectivity index (χ2v) is 4.49. The van der Waals surface area contributed by atoms with E-state index >= 15 is 0 Å². The molecule has 2 heterocycles. The van der Waals surface area contributed by atoms with Gasteiger partial charge in [0.2, 0.25) is 0 Å². The van der Waals surface area contributed by atoms with Crippen molar-refractivity contribution in [1.29, 1.82) is 0 Å². The van der Waals surface area contributed by atoms with Gasteiger partial charge in [-0.1, -0.05) is 0 Å². The third-order valence-corrected chi connectivity index (χ3v) is 3.17. The first-order valence-corrected chi connectivity index (χ1v) is 5.62. The molecule has 14 heavy (non-hydrogen) atoms. The zero-order valence-corrected chi connectivity index (χ0v) is 9.16. The first-order chi connectivity index (χ1) is 6.83. The van der Waals surface area contributed by atoms with Crippen molar-refractivity contribution >= 4 is 15.9 Å². The largest absolute Gasteiger partial charge is 0.481 e. The SMILES string of the molecule is Brc1ccc2c(n1)OC1CCCC1O2. The molecule has 1 aliphatic carbocycles. The molecular formula is C10H10BrNO2. The molecule has 3 nitrogen and oxygen atoms in total. The summed E-state index contributed by atoms with van der Waals surface area (Å²) in [5.74, 6) is 1.40. The summed E-state index contributed by atoms with van der Waals surface area (Å²) in [5.41, 5.74) is 0. The fourth-order valence-electron chi connectivity index (χ4n) is 2.05. The van der Waals surface area contributed by atoms with Crippen molar-refractivity contribution in [3.63, 3.8) is 0 Å². The number of halogens is 1. The summed E-state index contributed by atoms with van der Waals surface area (Å²) >= 11 is 3.32. The number of rotatable bonds is 0. The number of hydrogen-bond acceptors (Lipinski definition) is 3. The van der Waals surface area contributed by atoms with Crippen molar-refractivity contribution in [2.24, 2.45) is 0 Å². The van der Waals surface area contributed by atoms with Crippen molar-refractivity contribution in [3.05, 3.63) is 16.7 Å². The Morgan fingerprint density at radius 2 is 2.00 bits per heavy atom. The highest BCUT2D eigenvalue weighted by Gasteiger charge is 2.36. The van der Waals surface area contributed by atoms with E-state index < -0.39 is 0 Å². The number of ether oxygens (including phenoxy) is 2. The van der Waals surface area contributed by atoms with Crippen LogP contribution in [0.25, 0.3) is 0 Å². The summed E-state index contributed by atoms with van der Waals surface area (Å²) in [6, 6.07) is 3.78. The maximum atomic E-state index is 5.80. The molecule has 3 rings (SSSR count). The predicted octanol–water partition coefficient (Wildman–Crippen LogP) is 2.54. The summed E-state index contributed by atoms with van der Waals surface area (Å²) in [4.78, 5) is 4.24. The second kappa shape index (κ2) is 3.12. The van der Waals surface area contributed by atoms with E-state index in [0.717, 1.165) is 23.2 Å². The highest BCUT2D eigenvalue weighted by atomic mass is 79.9. The minimum atomic E-state index is 0.212. The van der Waals surface area contributed by atoms with Crippen LogP contribution in [0, 0.1) is 0 Å². The first-order valence-electron chi connectivity index (χ1n) is 4.83. The molecular weight excluding hydrogens is 246 g/mol. The van der Waals surface area contributed by atoms with Gasteiger partial charge < -0.3 is 9.47 Å². The van der Waals surface area contributed by atoms with Crippen LogP contribution in [0.3, 0.4) is 0 Å². The topological polar surface area (TPSA) is 31.4 Å². The molecule has 2 atom stereocenters. The van der Waals surface area contributed by atoms with Crippen LogP contribution in [-0.2, 0) is 0 Å². The molecule has 0 spiro atoms. The highest BCUT2D eigenvalue weighted by molar-refractivity contribution is 9.10. The van der Waals surface area contributed by atoms with Gasteiger partial charge in [-0.2, -0.15) is 0 Å². The number of fused-ring (bicyclic) bond motifs is 2. The number of hydrogen-bond donors (Lipinski definition) is 0. The Balaban J connectivity index is 1.97. The summed E-state index contributed by atoms with van der Waals surface area (Å²) in [7, 11) is 0. The Hall–Kier alpha value is -0.770. The van der Waals surface area contributed by atoms with Crippen molar-refractivity contribution in [1.82, 2.24) is 4.98 Å².